The number of amides is 1. The number of rotatable bonds is 3. The molecule has 0 aliphatic carbocycles. The first-order valence-corrected chi connectivity index (χ1v) is 6.13. The summed E-state index contributed by atoms with van der Waals surface area (Å²) in [6.45, 7) is 0.326. The molecule has 0 unspecified atom stereocenters. The number of nitrogens with zero attached hydrogens (tertiary/aromatic N) is 3. The van der Waals surface area contributed by atoms with Crippen LogP contribution in [0.3, 0.4) is 0 Å². The van der Waals surface area contributed by atoms with Gasteiger partial charge < -0.3 is 20.6 Å². The van der Waals surface area contributed by atoms with Gasteiger partial charge in [-0.15, -0.1) is 10.2 Å². The molecule has 20 heavy (non-hydrogen) atoms. The first-order valence-electron chi connectivity index (χ1n) is 6.13. The summed E-state index contributed by atoms with van der Waals surface area (Å²) in [7, 11) is 1.83. The van der Waals surface area contributed by atoms with Gasteiger partial charge in [0.15, 0.2) is 5.82 Å². The molecule has 2 heterocycles. The Morgan fingerprint density at radius 2 is 2.30 bits per heavy atom. The fourth-order valence-electron chi connectivity index (χ4n) is 2.00. The highest BCUT2D eigenvalue weighted by molar-refractivity contribution is 5.98. The largest absolute Gasteiger partial charge is 0.399 e. The van der Waals surface area contributed by atoms with E-state index < -0.39 is 0 Å². The number of hydrogen-bond acceptors (Lipinski definition) is 4. The van der Waals surface area contributed by atoms with Crippen molar-refractivity contribution in [3.63, 3.8) is 0 Å². The number of H-pyrrole nitrogens is 1. The summed E-state index contributed by atoms with van der Waals surface area (Å²) < 4.78 is 1.76. The normalized spacial score (nSPS) is 10.8. The lowest BCUT2D eigenvalue weighted by Crippen LogP contribution is -2.24. The molecule has 1 aromatic carbocycles. The molecule has 7 heteroatoms. The number of nitrogens with two attached hydrogens (primary N) is 1. The highest BCUT2D eigenvalue weighted by Gasteiger charge is 2.10. The van der Waals surface area contributed by atoms with E-state index in [0.29, 0.717) is 23.8 Å². The zero-order chi connectivity index (χ0) is 14.1. The summed E-state index contributed by atoms with van der Waals surface area (Å²) in [5.74, 6) is 0.501. The highest BCUT2D eigenvalue weighted by Crippen LogP contribution is 2.18. The van der Waals surface area contributed by atoms with Gasteiger partial charge in [-0.05, 0) is 24.3 Å². The predicted molar refractivity (Wildman–Crippen MR) is 74.9 cm³/mol. The van der Waals surface area contributed by atoms with Crippen molar-refractivity contribution in [3.05, 3.63) is 42.1 Å². The average Bonchev–Trinajstić information content (AvgIpc) is 3.01. The van der Waals surface area contributed by atoms with E-state index in [1.807, 2.05) is 19.2 Å². The minimum absolute atomic E-state index is 0.192. The number of anilines is 1. The van der Waals surface area contributed by atoms with E-state index in [0.717, 1.165) is 10.9 Å². The molecule has 3 aromatic rings. The van der Waals surface area contributed by atoms with E-state index in [1.165, 1.54) is 0 Å². The van der Waals surface area contributed by atoms with Gasteiger partial charge in [-0.2, -0.15) is 0 Å². The molecule has 0 saturated heterocycles. The van der Waals surface area contributed by atoms with Crippen LogP contribution in [0.25, 0.3) is 10.9 Å². The molecule has 0 radical (unpaired) electrons. The van der Waals surface area contributed by atoms with Gasteiger partial charge in [-0.3, -0.25) is 4.79 Å². The number of benzene rings is 1. The van der Waals surface area contributed by atoms with Crippen LogP contribution in [0.15, 0.2) is 30.6 Å². The van der Waals surface area contributed by atoms with Crippen molar-refractivity contribution in [3.8, 4) is 0 Å². The van der Waals surface area contributed by atoms with Gasteiger partial charge in [0.05, 0.1) is 6.54 Å². The lowest BCUT2D eigenvalue weighted by molar-refractivity contribution is 0.0945. The quantitative estimate of drug-likeness (QED) is 0.613. The summed E-state index contributed by atoms with van der Waals surface area (Å²) >= 11 is 0. The smallest absolute Gasteiger partial charge is 0.268 e. The monoisotopic (exact) mass is 270 g/mol. The van der Waals surface area contributed by atoms with E-state index in [4.69, 9.17) is 5.73 Å². The van der Waals surface area contributed by atoms with Crippen LogP contribution in [-0.2, 0) is 13.6 Å². The molecule has 0 bridgehead atoms. The Hall–Kier alpha value is -2.83. The van der Waals surface area contributed by atoms with Crippen molar-refractivity contribution in [2.24, 2.45) is 7.05 Å². The topological polar surface area (TPSA) is 102 Å². The van der Waals surface area contributed by atoms with Crippen molar-refractivity contribution in [1.29, 1.82) is 0 Å². The zero-order valence-corrected chi connectivity index (χ0v) is 10.9. The molecule has 0 aliphatic rings. The Bertz CT molecular complexity index is 772. The van der Waals surface area contributed by atoms with Crippen molar-refractivity contribution < 1.29 is 4.79 Å². The third kappa shape index (κ3) is 2.20. The Morgan fingerprint density at radius 3 is 3.05 bits per heavy atom. The second-order valence-electron chi connectivity index (χ2n) is 4.57. The van der Waals surface area contributed by atoms with E-state index in [-0.39, 0.29) is 5.91 Å². The number of carbonyl (C=O) groups is 1. The Kier molecular flexibility index (Phi) is 2.86. The SMILES string of the molecule is Cn1cnnc1CNC(=O)c1cc2cc(N)ccc2[nH]1. The standard InChI is InChI=1S/C13H14N6O/c1-19-7-16-18-12(19)6-15-13(20)11-5-8-4-9(14)2-3-10(8)17-11/h2-5,7,17H,6,14H2,1H3,(H,15,20). The van der Waals surface area contributed by atoms with Crippen molar-refractivity contribution >= 4 is 22.5 Å². The zero-order valence-electron chi connectivity index (χ0n) is 10.9. The molecular weight excluding hydrogens is 256 g/mol. The van der Waals surface area contributed by atoms with Crippen LogP contribution in [0, 0.1) is 0 Å². The van der Waals surface area contributed by atoms with Gasteiger partial charge in [0.1, 0.15) is 12.0 Å². The third-order valence-electron chi connectivity index (χ3n) is 3.10. The second-order valence-corrected chi connectivity index (χ2v) is 4.57. The van der Waals surface area contributed by atoms with E-state index >= 15 is 0 Å². The van der Waals surface area contributed by atoms with Crippen molar-refractivity contribution in [2.75, 3.05) is 5.73 Å². The van der Waals surface area contributed by atoms with Crippen molar-refractivity contribution in [2.45, 2.75) is 6.54 Å². The van der Waals surface area contributed by atoms with Crippen LogP contribution < -0.4 is 11.1 Å². The Labute approximate surface area is 114 Å². The number of carbonyl (C=O) groups excluding carboxylic acids is 1. The molecule has 4 N–H and O–H groups in total. The predicted octanol–water partition coefficient (Wildman–Crippen LogP) is 0.809. The molecular formula is C13H14N6O. The van der Waals surface area contributed by atoms with Gasteiger partial charge in [0.25, 0.3) is 5.91 Å². The highest BCUT2D eigenvalue weighted by atomic mass is 16.1. The minimum Gasteiger partial charge on any atom is -0.399 e. The maximum Gasteiger partial charge on any atom is 0.268 e. The molecule has 0 spiro atoms. The number of aromatic amines is 1. The van der Waals surface area contributed by atoms with Crippen LogP contribution in [0.5, 0.6) is 0 Å². The summed E-state index contributed by atoms with van der Waals surface area (Å²) in [6, 6.07) is 7.24. The minimum atomic E-state index is -0.192. The lowest BCUT2D eigenvalue weighted by atomic mass is 10.2. The van der Waals surface area contributed by atoms with E-state index in [2.05, 4.69) is 20.5 Å². The van der Waals surface area contributed by atoms with Crippen LogP contribution in [0.2, 0.25) is 0 Å². The number of aryl methyl sites for hydroxylation is 1. The lowest BCUT2D eigenvalue weighted by Gasteiger charge is -2.02. The average molecular weight is 270 g/mol. The Balaban J connectivity index is 1.77. The number of nitrogens with one attached hydrogen (secondary N) is 2. The van der Waals surface area contributed by atoms with Gasteiger partial charge in [0.2, 0.25) is 0 Å². The van der Waals surface area contributed by atoms with Crippen LogP contribution in [0.4, 0.5) is 5.69 Å². The summed E-state index contributed by atoms with van der Waals surface area (Å²) in [5.41, 5.74) is 7.76. The first kappa shape index (κ1) is 12.2. The van der Waals surface area contributed by atoms with Gasteiger partial charge in [-0.1, -0.05) is 0 Å². The van der Waals surface area contributed by atoms with E-state index in [9.17, 15) is 4.79 Å². The van der Waals surface area contributed by atoms with Crippen LogP contribution >= 0.6 is 0 Å². The fourth-order valence-corrected chi connectivity index (χ4v) is 2.00. The Morgan fingerprint density at radius 1 is 1.45 bits per heavy atom. The molecule has 0 fully saturated rings. The van der Waals surface area contributed by atoms with Gasteiger partial charge in [0, 0.05) is 23.6 Å². The third-order valence-corrected chi connectivity index (χ3v) is 3.10. The number of nitrogen functional groups attached to an aromatic ring is 1. The van der Waals surface area contributed by atoms with Gasteiger partial charge >= 0.3 is 0 Å². The van der Waals surface area contributed by atoms with Crippen LogP contribution in [-0.4, -0.2) is 25.7 Å². The maximum atomic E-state index is 12.1. The molecule has 7 nitrogen and oxygen atoms in total. The van der Waals surface area contributed by atoms with Crippen molar-refractivity contribution in [1.82, 2.24) is 25.1 Å². The number of aromatic nitrogens is 4. The number of fused-ring (bicyclic) bond motifs is 1. The van der Waals surface area contributed by atoms with Gasteiger partial charge in [-0.25, -0.2) is 0 Å². The summed E-state index contributed by atoms with van der Waals surface area (Å²) in [4.78, 5) is 15.1. The molecule has 0 saturated carbocycles. The molecule has 0 aliphatic heterocycles. The summed E-state index contributed by atoms with van der Waals surface area (Å²) in [5, 5.41) is 11.4. The molecule has 2 aromatic heterocycles. The first-order chi connectivity index (χ1) is 9.63. The van der Waals surface area contributed by atoms with Crippen LogP contribution in [0.1, 0.15) is 16.3 Å². The maximum absolute atomic E-state index is 12.1. The molecule has 1 amide bonds. The van der Waals surface area contributed by atoms with E-state index in [1.54, 1.807) is 23.0 Å². The molecule has 3 rings (SSSR count). The second kappa shape index (κ2) is 4.69. The molecule has 0 atom stereocenters. The number of hydrogen-bond donors (Lipinski definition) is 3. The fraction of sp³-hybridized carbons (Fsp3) is 0.154. The summed E-state index contributed by atoms with van der Waals surface area (Å²) in [6.07, 6.45) is 1.59. The molecule has 102 valence electrons.